The molecule has 98 valence electrons. The molecule has 5 heteroatoms. The summed E-state index contributed by atoms with van der Waals surface area (Å²) in [5.74, 6) is 0.882. The van der Waals surface area contributed by atoms with Gasteiger partial charge in [-0.05, 0) is 36.6 Å². The van der Waals surface area contributed by atoms with E-state index in [1.54, 1.807) is 11.3 Å². The second-order valence-electron chi connectivity index (χ2n) is 4.38. The van der Waals surface area contributed by atoms with Gasteiger partial charge in [0.25, 0.3) is 0 Å². The SMILES string of the molecule is CC(Cl)c1nc2ccc(Cl)cc2n1Cc1cccs1. The normalized spacial score (nSPS) is 13.0. The third-order valence-corrected chi connectivity index (χ3v) is 4.28. The van der Waals surface area contributed by atoms with E-state index in [1.165, 1.54) is 4.88 Å². The van der Waals surface area contributed by atoms with E-state index in [0.717, 1.165) is 23.4 Å². The first-order valence-corrected chi connectivity index (χ1v) is 7.66. The summed E-state index contributed by atoms with van der Waals surface area (Å²) in [5.41, 5.74) is 1.96. The quantitative estimate of drug-likeness (QED) is 0.615. The molecule has 0 saturated heterocycles. The summed E-state index contributed by atoms with van der Waals surface area (Å²) < 4.78 is 2.14. The van der Waals surface area contributed by atoms with Crippen LogP contribution in [0.2, 0.25) is 5.02 Å². The maximum absolute atomic E-state index is 6.25. The van der Waals surface area contributed by atoms with E-state index in [1.807, 2.05) is 25.1 Å². The molecule has 19 heavy (non-hydrogen) atoms. The fraction of sp³-hybridized carbons (Fsp3) is 0.214. The Labute approximate surface area is 125 Å². The predicted molar refractivity (Wildman–Crippen MR) is 82.4 cm³/mol. The van der Waals surface area contributed by atoms with E-state index in [2.05, 4.69) is 27.1 Å². The highest BCUT2D eigenvalue weighted by Crippen LogP contribution is 2.28. The number of hydrogen-bond donors (Lipinski definition) is 0. The van der Waals surface area contributed by atoms with E-state index < -0.39 is 0 Å². The molecule has 0 N–H and O–H groups in total. The molecule has 0 radical (unpaired) electrons. The van der Waals surface area contributed by atoms with Crippen molar-refractivity contribution in [2.24, 2.45) is 0 Å². The maximum Gasteiger partial charge on any atom is 0.128 e. The van der Waals surface area contributed by atoms with Crippen molar-refractivity contribution in [1.29, 1.82) is 0 Å². The molecule has 0 amide bonds. The minimum Gasteiger partial charge on any atom is -0.321 e. The summed E-state index contributed by atoms with van der Waals surface area (Å²) in [4.78, 5) is 5.89. The van der Waals surface area contributed by atoms with Crippen LogP contribution in [0.5, 0.6) is 0 Å². The van der Waals surface area contributed by atoms with E-state index in [4.69, 9.17) is 23.2 Å². The lowest BCUT2D eigenvalue weighted by Crippen LogP contribution is -2.04. The van der Waals surface area contributed by atoms with Crippen LogP contribution in [0.3, 0.4) is 0 Å². The van der Waals surface area contributed by atoms with Gasteiger partial charge in [0, 0.05) is 9.90 Å². The zero-order valence-corrected chi connectivity index (χ0v) is 12.6. The van der Waals surface area contributed by atoms with Crippen LogP contribution in [0.25, 0.3) is 11.0 Å². The number of imidazole rings is 1. The van der Waals surface area contributed by atoms with Crippen molar-refractivity contribution in [3.8, 4) is 0 Å². The number of rotatable bonds is 3. The number of halogens is 2. The minimum absolute atomic E-state index is 0.133. The molecule has 2 aromatic heterocycles. The van der Waals surface area contributed by atoms with Crippen LogP contribution in [0.4, 0.5) is 0 Å². The largest absolute Gasteiger partial charge is 0.321 e. The smallest absolute Gasteiger partial charge is 0.128 e. The second kappa shape index (κ2) is 5.16. The number of nitrogens with zero attached hydrogens (tertiary/aromatic N) is 2. The Morgan fingerprint density at radius 2 is 2.21 bits per heavy atom. The van der Waals surface area contributed by atoms with Crippen LogP contribution >= 0.6 is 34.5 Å². The second-order valence-corrected chi connectivity index (χ2v) is 6.51. The summed E-state index contributed by atoms with van der Waals surface area (Å²) in [6.07, 6.45) is 0. The molecule has 0 bridgehead atoms. The minimum atomic E-state index is -0.133. The van der Waals surface area contributed by atoms with Gasteiger partial charge in [0.15, 0.2) is 0 Å². The van der Waals surface area contributed by atoms with Crippen LogP contribution in [-0.4, -0.2) is 9.55 Å². The van der Waals surface area contributed by atoms with Crippen molar-refractivity contribution in [2.75, 3.05) is 0 Å². The topological polar surface area (TPSA) is 17.8 Å². The van der Waals surface area contributed by atoms with Crippen molar-refractivity contribution in [3.63, 3.8) is 0 Å². The van der Waals surface area contributed by atoms with Crippen molar-refractivity contribution in [2.45, 2.75) is 18.8 Å². The van der Waals surface area contributed by atoms with E-state index in [0.29, 0.717) is 5.02 Å². The van der Waals surface area contributed by atoms with Crippen LogP contribution in [0.1, 0.15) is 23.0 Å². The Balaban J connectivity index is 2.18. The molecule has 0 aliphatic heterocycles. The van der Waals surface area contributed by atoms with Gasteiger partial charge in [-0.3, -0.25) is 0 Å². The Bertz CT molecular complexity index is 702. The lowest BCUT2D eigenvalue weighted by Gasteiger charge is -2.09. The number of aromatic nitrogens is 2. The summed E-state index contributed by atoms with van der Waals surface area (Å²) in [7, 11) is 0. The molecule has 1 aromatic carbocycles. The van der Waals surface area contributed by atoms with E-state index in [9.17, 15) is 0 Å². The molecule has 2 heterocycles. The van der Waals surface area contributed by atoms with Gasteiger partial charge in [-0.25, -0.2) is 4.98 Å². The average Bonchev–Trinajstić information content (AvgIpc) is 2.98. The van der Waals surface area contributed by atoms with E-state index in [-0.39, 0.29) is 5.38 Å². The molecule has 0 aliphatic carbocycles. The van der Waals surface area contributed by atoms with Crippen molar-refractivity contribution < 1.29 is 0 Å². The first-order chi connectivity index (χ1) is 9.15. The molecular formula is C14H12Cl2N2S. The number of fused-ring (bicyclic) bond motifs is 1. The van der Waals surface area contributed by atoms with Crippen molar-refractivity contribution in [1.82, 2.24) is 9.55 Å². The Hall–Kier alpha value is -1.03. The van der Waals surface area contributed by atoms with Crippen molar-refractivity contribution >= 4 is 45.6 Å². The number of hydrogen-bond acceptors (Lipinski definition) is 2. The summed E-state index contributed by atoms with van der Waals surface area (Å²) in [6.45, 7) is 2.72. The summed E-state index contributed by atoms with van der Waals surface area (Å²) in [5, 5.41) is 2.66. The van der Waals surface area contributed by atoms with E-state index >= 15 is 0 Å². The van der Waals surface area contributed by atoms with Gasteiger partial charge < -0.3 is 4.57 Å². The van der Waals surface area contributed by atoms with Gasteiger partial charge in [-0.15, -0.1) is 22.9 Å². The molecule has 3 aromatic rings. The predicted octanol–water partition coefficient (Wildman–Crippen LogP) is 5.10. The molecule has 3 rings (SSSR count). The lowest BCUT2D eigenvalue weighted by atomic mass is 10.3. The third-order valence-electron chi connectivity index (χ3n) is 2.99. The molecule has 0 aliphatic rings. The maximum atomic E-state index is 6.25. The zero-order valence-electron chi connectivity index (χ0n) is 10.3. The van der Waals surface area contributed by atoms with Crippen LogP contribution < -0.4 is 0 Å². The first kappa shape index (κ1) is 13.0. The van der Waals surface area contributed by atoms with Gasteiger partial charge in [0.05, 0.1) is 23.0 Å². The Morgan fingerprint density at radius 1 is 1.37 bits per heavy atom. The average molecular weight is 311 g/mol. The fourth-order valence-corrected chi connectivity index (χ4v) is 3.17. The van der Waals surface area contributed by atoms with Crippen LogP contribution in [-0.2, 0) is 6.54 Å². The fourth-order valence-electron chi connectivity index (χ4n) is 2.14. The highest BCUT2D eigenvalue weighted by Gasteiger charge is 2.15. The monoisotopic (exact) mass is 310 g/mol. The van der Waals surface area contributed by atoms with Gasteiger partial charge in [0.1, 0.15) is 5.82 Å². The standard InChI is InChI=1S/C14H12Cl2N2S/c1-9(15)14-17-12-5-4-10(16)7-13(12)18(14)8-11-3-2-6-19-11/h2-7,9H,8H2,1H3. The summed E-state index contributed by atoms with van der Waals surface area (Å²) >= 11 is 14.1. The number of benzene rings is 1. The number of thiophene rings is 1. The van der Waals surface area contributed by atoms with Crippen molar-refractivity contribution in [3.05, 3.63) is 51.4 Å². The molecule has 0 fully saturated rings. The summed E-state index contributed by atoms with van der Waals surface area (Å²) in [6, 6.07) is 9.90. The molecule has 2 nitrogen and oxygen atoms in total. The molecule has 1 atom stereocenters. The Morgan fingerprint density at radius 3 is 2.89 bits per heavy atom. The highest BCUT2D eigenvalue weighted by molar-refractivity contribution is 7.09. The molecule has 0 saturated carbocycles. The highest BCUT2D eigenvalue weighted by atomic mass is 35.5. The van der Waals surface area contributed by atoms with Crippen LogP contribution in [0.15, 0.2) is 35.7 Å². The first-order valence-electron chi connectivity index (χ1n) is 5.97. The third kappa shape index (κ3) is 2.50. The number of alkyl halides is 1. The zero-order chi connectivity index (χ0) is 13.4. The Kier molecular flexibility index (Phi) is 3.52. The lowest BCUT2D eigenvalue weighted by molar-refractivity contribution is 0.750. The van der Waals surface area contributed by atoms with Gasteiger partial charge in [-0.1, -0.05) is 17.7 Å². The molecular weight excluding hydrogens is 299 g/mol. The van der Waals surface area contributed by atoms with Gasteiger partial charge in [-0.2, -0.15) is 0 Å². The molecule has 0 spiro atoms. The molecule has 1 unspecified atom stereocenters. The van der Waals surface area contributed by atoms with Crippen LogP contribution in [0, 0.1) is 0 Å². The van der Waals surface area contributed by atoms with Gasteiger partial charge in [0.2, 0.25) is 0 Å². The van der Waals surface area contributed by atoms with Gasteiger partial charge >= 0.3 is 0 Å².